The van der Waals surface area contributed by atoms with Gasteiger partial charge in [-0.25, -0.2) is 9.40 Å². The van der Waals surface area contributed by atoms with Crippen LogP contribution in [-0.4, -0.2) is 20.5 Å². The molecule has 0 fully saturated rings. The molecule has 26 heavy (non-hydrogen) atoms. The molecule has 6 heteroatoms. The summed E-state index contributed by atoms with van der Waals surface area (Å²) in [4.78, 5) is 17.8. The Morgan fingerprint density at radius 3 is 2.15 bits per heavy atom. The van der Waals surface area contributed by atoms with E-state index in [1.165, 1.54) is 0 Å². The molecule has 0 saturated heterocycles. The third-order valence-electron chi connectivity index (χ3n) is 4.74. The SMILES string of the molecule is Nc1nc2c(c(=O)n1C(c1ccccc1)c1ccccc1)CCN(Cl)C2. The third-order valence-corrected chi connectivity index (χ3v) is 5.02. The molecule has 2 heterocycles. The number of fused-ring (bicyclic) bond motifs is 1. The second-order valence-corrected chi connectivity index (χ2v) is 6.87. The maximum Gasteiger partial charge on any atom is 0.259 e. The second kappa shape index (κ2) is 6.94. The van der Waals surface area contributed by atoms with Gasteiger partial charge < -0.3 is 5.73 Å². The van der Waals surface area contributed by atoms with Crippen molar-refractivity contribution in [3.05, 3.63) is 93.4 Å². The third kappa shape index (κ3) is 3.00. The zero-order chi connectivity index (χ0) is 18.1. The molecule has 0 bridgehead atoms. The fourth-order valence-corrected chi connectivity index (χ4v) is 3.70. The highest BCUT2D eigenvalue weighted by atomic mass is 35.5. The number of nitrogens with two attached hydrogens (primary N) is 1. The van der Waals surface area contributed by atoms with Gasteiger partial charge in [0.2, 0.25) is 5.95 Å². The Bertz CT molecular complexity index is 933. The summed E-state index contributed by atoms with van der Waals surface area (Å²) in [6.07, 6.45) is 0.571. The van der Waals surface area contributed by atoms with Gasteiger partial charge in [-0.2, -0.15) is 0 Å². The minimum atomic E-state index is -0.322. The van der Waals surface area contributed by atoms with Crippen LogP contribution in [0.25, 0.3) is 0 Å². The van der Waals surface area contributed by atoms with E-state index in [-0.39, 0.29) is 17.5 Å². The largest absolute Gasteiger partial charge is 0.369 e. The standard InChI is InChI=1S/C20H19ClN4O/c21-24-12-11-16-17(13-24)23-20(22)25(19(16)26)18(14-7-3-1-4-8-14)15-9-5-2-6-10-15/h1-10,18H,11-13H2,(H2,22,23). The zero-order valence-corrected chi connectivity index (χ0v) is 14.9. The normalized spacial score (nSPS) is 14.4. The molecular formula is C20H19ClN4O. The summed E-state index contributed by atoms with van der Waals surface area (Å²) in [6, 6.07) is 19.5. The Kier molecular flexibility index (Phi) is 4.49. The number of hydrogen-bond donors (Lipinski definition) is 1. The molecule has 0 aliphatic carbocycles. The van der Waals surface area contributed by atoms with Gasteiger partial charge in [0.05, 0.1) is 18.3 Å². The van der Waals surface area contributed by atoms with Crippen LogP contribution in [0, 0.1) is 0 Å². The molecule has 1 aromatic heterocycles. The monoisotopic (exact) mass is 366 g/mol. The summed E-state index contributed by atoms with van der Waals surface area (Å²) in [5, 5.41) is 0. The van der Waals surface area contributed by atoms with Crippen molar-refractivity contribution in [3.63, 3.8) is 0 Å². The van der Waals surface area contributed by atoms with Crippen molar-refractivity contribution in [2.24, 2.45) is 0 Å². The van der Waals surface area contributed by atoms with Crippen molar-refractivity contribution in [3.8, 4) is 0 Å². The average molecular weight is 367 g/mol. The van der Waals surface area contributed by atoms with Crippen molar-refractivity contribution in [1.29, 1.82) is 0 Å². The lowest BCUT2D eigenvalue weighted by atomic mass is 9.97. The van der Waals surface area contributed by atoms with Crippen LogP contribution < -0.4 is 11.3 Å². The molecule has 132 valence electrons. The number of nitrogens with zero attached hydrogens (tertiary/aromatic N) is 3. The Balaban J connectivity index is 1.94. The first-order valence-electron chi connectivity index (χ1n) is 8.55. The number of hydrogen-bond acceptors (Lipinski definition) is 4. The van der Waals surface area contributed by atoms with E-state index in [0.717, 1.165) is 11.1 Å². The lowest BCUT2D eigenvalue weighted by Crippen LogP contribution is -2.37. The number of aromatic nitrogens is 2. The van der Waals surface area contributed by atoms with Crippen LogP contribution in [0.3, 0.4) is 0 Å². The molecule has 3 aromatic rings. The Labute approximate surface area is 156 Å². The fraction of sp³-hybridized carbons (Fsp3) is 0.200. The van der Waals surface area contributed by atoms with E-state index in [0.29, 0.717) is 30.8 Å². The molecule has 1 aliphatic rings. The number of anilines is 1. The first kappa shape index (κ1) is 16.8. The van der Waals surface area contributed by atoms with Crippen molar-refractivity contribution >= 4 is 17.7 Å². The highest BCUT2D eigenvalue weighted by Gasteiger charge is 2.26. The fourth-order valence-electron chi connectivity index (χ4n) is 3.50. The van der Waals surface area contributed by atoms with Crippen LogP contribution in [0.1, 0.15) is 28.4 Å². The molecule has 0 atom stereocenters. The zero-order valence-electron chi connectivity index (χ0n) is 14.2. The minimum Gasteiger partial charge on any atom is -0.369 e. The van der Waals surface area contributed by atoms with E-state index in [4.69, 9.17) is 17.5 Å². The molecule has 0 spiro atoms. The quantitative estimate of drug-likeness (QED) is 0.724. The Hall–Kier alpha value is -2.63. The number of rotatable bonds is 3. The number of nitrogen functional groups attached to an aromatic ring is 1. The first-order chi connectivity index (χ1) is 12.6. The summed E-state index contributed by atoms with van der Waals surface area (Å²) < 4.78 is 3.23. The molecule has 0 radical (unpaired) electrons. The molecule has 0 unspecified atom stereocenters. The summed E-state index contributed by atoms with van der Waals surface area (Å²) in [5.74, 6) is 0.207. The van der Waals surface area contributed by atoms with Gasteiger partial charge in [-0.3, -0.25) is 9.36 Å². The van der Waals surface area contributed by atoms with Crippen molar-refractivity contribution in [1.82, 2.24) is 14.0 Å². The summed E-state index contributed by atoms with van der Waals surface area (Å²) in [6.45, 7) is 1.05. The Morgan fingerprint density at radius 2 is 1.58 bits per heavy atom. The van der Waals surface area contributed by atoms with Crippen LogP contribution in [-0.2, 0) is 13.0 Å². The number of halogens is 1. The van der Waals surface area contributed by atoms with Crippen molar-refractivity contribution in [2.45, 2.75) is 19.0 Å². The van der Waals surface area contributed by atoms with E-state index in [9.17, 15) is 4.79 Å². The van der Waals surface area contributed by atoms with Gasteiger partial charge in [-0.1, -0.05) is 60.7 Å². The highest BCUT2D eigenvalue weighted by molar-refractivity contribution is 6.13. The average Bonchev–Trinajstić information content (AvgIpc) is 2.66. The molecule has 1 aliphatic heterocycles. The maximum atomic E-state index is 13.3. The molecule has 2 N–H and O–H groups in total. The summed E-state index contributed by atoms with van der Waals surface area (Å²) in [7, 11) is 0. The van der Waals surface area contributed by atoms with E-state index >= 15 is 0 Å². The highest BCUT2D eigenvalue weighted by Crippen LogP contribution is 2.28. The van der Waals surface area contributed by atoms with Gasteiger partial charge in [0.25, 0.3) is 5.56 Å². The summed E-state index contributed by atoms with van der Waals surface area (Å²) in [5.41, 5.74) is 9.52. The lowest BCUT2D eigenvalue weighted by Gasteiger charge is -2.27. The molecule has 5 nitrogen and oxygen atoms in total. The van der Waals surface area contributed by atoms with Gasteiger partial charge in [-0.05, 0) is 29.3 Å². The minimum absolute atomic E-state index is 0.0880. The lowest BCUT2D eigenvalue weighted by molar-refractivity contribution is 0.414. The smallest absolute Gasteiger partial charge is 0.259 e. The van der Waals surface area contributed by atoms with Gasteiger partial charge in [0.15, 0.2) is 0 Å². The second-order valence-electron chi connectivity index (χ2n) is 6.39. The van der Waals surface area contributed by atoms with Gasteiger partial charge >= 0.3 is 0 Å². The van der Waals surface area contributed by atoms with E-state index in [2.05, 4.69) is 4.98 Å². The van der Waals surface area contributed by atoms with Gasteiger partial charge in [-0.15, -0.1) is 0 Å². The van der Waals surface area contributed by atoms with Crippen LogP contribution in [0.2, 0.25) is 0 Å². The topological polar surface area (TPSA) is 64.1 Å². The van der Waals surface area contributed by atoms with E-state index < -0.39 is 0 Å². The van der Waals surface area contributed by atoms with Crippen molar-refractivity contribution in [2.75, 3.05) is 12.3 Å². The van der Waals surface area contributed by atoms with Gasteiger partial charge in [0, 0.05) is 12.1 Å². The molecule has 2 aromatic carbocycles. The molecule has 4 rings (SSSR count). The Morgan fingerprint density at radius 1 is 1.00 bits per heavy atom. The predicted molar refractivity (Wildman–Crippen MR) is 103 cm³/mol. The van der Waals surface area contributed by atoms with Crippen LogP contribution in [0.15, 0.2) is 65.5 Å². The molecular weight excluding hydrogens is 348 g/mol. The summed E-state index contributed by atoms with van der Waals surface area (Å²) >= 11 is 6.09. The van der Waals surface area contributed by atoms with Gasteiger partial charge in [0.1, 0.15) is 0 Å². The molecule has 0 amide bonds. The van der Waals surface area contributed by atoms with Crippen LogP contribution in [0.5, 0.6) is 0 Å². The first-order valence-corrected chi connectivity index (χ1v) is 8.89. The van der Waals surface area contributed by atoms with Crippen molar-refractivity contribution < 1.29 is 0 Å². The predicted octanol–water partition coefficient (Wildman–Crippen LogP) is 2.98. The van der Waals surface area contributed by atoms with E-state index in [1.54, 1.807) is 8.99 Å². The van der Waals surface area contributed by atoms with Crippen LogP contribution >= 0.6 is 11.8 Å². The van der Waals surface area contributed by atoms with Crippen LogP contribution in [0.4, 0.5) is 5.95 Å². The number of benzene rings is 2. The molecule has 0 saturated carbocycles. The maximum absolute atomic E-state index is 13.3. The van der Waals surface area contributed by atoms with E-state index in [1.807, 2.05) is 60.7 Å².